The molecule has 69 heavy (non-hydrogen) atoms. The molecule has 2 aromatic carbocycles. The van der Waals surface area contributed by atoms with E-state index >= 15 is 0 Å². The van der Waals surface area contributed by atoms with Gasteiger partial charge in [-0.2, -0.15) is 20.2 Å². The van der Waals surface area contributed by atoms with Crippen molar-refractivity contribution in [1.29, 1.82) is 0 Å². The minimum absolute atomic E-state index is 0.0683. The zero-order valence-electron chi connectivity index (χ0n) is 38.6. The lowest BCUT2D eigenvalue weighted by Gasteiger charge is -2.26. The number of ether oxygens (including phenoxy) is 4. The number of hydrogen-bond donors (Lipinski definition) is 4. The molecule has 2 amide bonds. The summed E-state index contributed by atoms with van der Waals surface area (Å²) in [5, 5.41) is 19.9. The molecule has 4 aliphatic heterocycles. The predicted molar refractivity (Wildman–Crippen MR) is 270 cm³/mol. The fourth-order valence-corrected chi connectivity index (χ4v) is 9.37. The van der Waals surface area contributed by atoms with Crippen LogP contribution in [0.25, 0.3) is 22.1 Å². The molecule has 368 valence electrons. The van der Waals surface area contributed by atoms with Gasteiger partial charge in [-0.3, -0.25) is 28.8 Å². The number of nitrogens with two attached hydrogens (primary N) is 1. The third kappa shape index (κ3) is 12.8. The second-order valence-electron chi connectivity index (χ2n) is 16.4. The molecule has 2 fully saturated rings. The number of anilines is 3. The molecule has 10 rings (SSSR count). The largest absolute Gasteiger partial charge is 0.380 e. The maximum atomic E-state index is 13.1. The molecule has 2 saturated heterocycles. The van der Waals surface area contributed by atoms with E-state index in [-0.39, 0.29) is 17.1 Å². The van der Waals surface area contributed by atoms with Crippen LogP contribution in [0.1, 0.15) is 48.2 Å². The van der Waals surface area contributed by atoms with Crippen LogP contribution in [0.2, 0.25) is 5.28 Å². The van der Waals surface area contributed by atoms with E-state index in [0.717, 1.165) is 109 Å². The lowest BCUT2D eigenvalue weighted by molar-refractivity contribution is -0.117. The molecule has 0 radical (unpaired) electrons. The zero-order chi connectivity index (χ0) is 48.3. The molecule has 0 spiro atoms. The molecule has 8 heterocycles. The van der Waals surface area contributed by atoms with Crippen LogP contribution in [0.3, 0.4) is 0 Å². The quantitative estimate of drug-likeness (QED) is 0.0731. The van der Waals surface area contributed by atoms with E-state index in [4.69, 9.17) is 41.3 Å². The Labute approximate surface area is 421 Å². The molecule has 20 nitrogen and oxygen atoms in total. The first-order valence-electron chi connectivity index (χ1n) is 23.2. The second-order valence-corrected chi connectivity index (χ2v) is 18.6. The summed E-state index contributed by atoms with van der Waals surface area (Å²) in [5.41, 5.74) is 10.9. The molecule has 0 bridgehead atoms. The van der Waals surface area contributed by atoms with Crippen LogP contribution in [0.5, 0.6) is 0 Å². The topological polar surface area (TPSA) is 227 Å². The summed E-state index contributed by atoms with van der Waals surface area (Å²) in [6.45, 7) is 18.0. The molecule has 0 saturated carbocycles. The van der Waals surface area contributed by atoms with Gasteiger partial charge in [0.15, 0.2) is 11.3 Å². The number of fused-ring (bicyclic) bond motifs is 4. The molecule has 0 aliphatic carbocycles. The van der Waals surface area contributed by atoms with Crippen molar-refractivity contribution in [1.82, 2.24) is 49.3 Å². The van der Waals surface area contributed by atoms with E-state index < -0.39 is 11.8 Å². The van der Waals surface area contributed by atoms with E-state index in [1.165, 1.54) is 0 Å². The molecule has 23 heteroatoms. The van der Waals surface area contributed by atoms with Crippen molar-refractivity contribution in [2.75, 3.05) is 121 Å². The van der Waals surface area contributed by atoms with E-state index in [9.17, 15) is 9.59 Å². The van der Waals surface area contributed by atoms with Gasteiger partial charge in [0, 0.05) is 98.3 Å². The van der Waals surface area contributed by atoms with E-state index in [0.29, 0.717) is 80.1 Å². The number of rotatable bonds is 16. The first-order valence-corrected chi connectivity index (χ1v) is 25.1. The highest BCUT2D eigenvalue weighted by Crippen LogP contribution is 2.42. The Morgan fingerprint density at radius 2 is 1.20 bits per heavy atom. The van der Waals surface area contributed by atoms with Crippen molar-refractivity contribution in [3.8, 4) is 0 Å². The summed E-state index contributed by atoms with van der Waals surface area (Å²) < 4.78 is 26.8. The normalized spacial score (nSPS) is 18.0. The van der Waals surface area contributed by atoms with Crippen molar-refractivity contribution in [2.24, 2.45) is 5.73 Å². The molecule has 5 N–H and O–H groups in total. The molecular formula is C46H57Br2ClN14O6. The number of nitrogens with one attached hydrogen (secondary N) is 3. The average molecular weight is 1100 g/mol. The standard InChI is InChI=1S/C23H28BrN7O3.C17H15BrClN5O2.C6H14N2O/c1-2-33-12-9-31-14-17-20(19-16-13-15(24)3-4-18(16)26-22(19)32)27-23(28-21(17)29-31)25-5-6-30-7-10-34-11-8-30;1-2-26-6-5-24-8-11-14(21-17(19)22-15(11)23-24)13-10-7-9(18)3-4-12(10)20-16(13)25;7-1-2-8-3-5-9-6-4-8/h3-4,13-14,19H,2,5-12H2,1H3,(H,26,32)(H,25,28,29);3-4,7-8,13H,2,5-6H2,1H3,(H,20,25);1-7H2. The fourth-order valence-electron chi connectivity index (χ4n) is 8.44. The highest BCUT2D eigenvalue weighted by atomic mass is 79.9. The third-order valence-electron chi connectivity index (χ3n) is 11.8. The average Bonchev–Trinajstić information content (AvgIpc) is 4.11. The summed E-state index contributed by atoms with van der Waals surface area (Å²) >= 11 is 13.1. The van der Waals surface area contributed by atoms with Crippen molar-refractivity contribution >= 4 is 94.7 Å². The number of halogens is 3. The van der Waals surface area contributed by atoms with Crippen LogP contribution >= 0.6 is 43.5 Å². The number of carbonyl (C=O) groups is 2. The molecule has 2 unspecified atom stereocenters. The number of aromatic nitrogens is 8. The van der Waals surface area contributed by atoms with Crippen LogP contribution < -0.4 is 21.7 Å². The number of hydrogen-bond acceptors (Lipinski definition) is 16. The van der Waals surface area contributed by atoms with Gasteiger partial charge >= 0.3 is 0 Å². The van der Waals surface area contributed by atoms with Gasteiger partial charge in [0.2, 0.25) is 23.0 Å². The lowest BCUT2D eigenvalue weighted by atomic mass is 9.95. The minimum atomic E-state index is -0.560. The Morgan fingerprint density at radius 3 is 1.71 bits per heavy atom. The van der Waals surface area contributed by atoms with E-state index in [2.05, 4.69) is 82.8 Å². The Bertz CT molecular complexity index is 2710. The van der Waals surface area contributed by atoms with Gasteiger partial charge < -0.3 is 40.6 Å². The Kier molecular flexibility index (Phi) is 17.9. The van der Waals surface area contributed by atoms with Gasteiger partial charge in [-0.1, -0.05) is 31.9 Å². The number of morpholine rings is 2. The Hall–Kier alpha value is -4.75. The van der Waals surface area contributed by atoms with Crippen molar-refractivity contribution in [3.63, 3.8) is 0 Å². The van der Waals surface area contributed by atoms with Crippen molar-refractivity contribution in [3.05, 3.63) is 85.5 Å². The van der Waals surface area contributed by atoms with E-state index in [1.807, 2.05) is 67.3 Å². The number of carbonyl (C=O) groups excluding carboxylic acids is 2. The third-order valence-corrected chi connectivity index (χ3v) is 13.0. The monoisotopic (exact) mass is 1090 g/mol. The van der Waals surface area contributed by atoms with Crippen molar-refractivity contribution < 1.29 is 28.5 Å². The van der Waals surface area contributed by atoms with Crippen LogP contribution in [-0.4, -0.2) is 166 Å². The van der Waals surface area contributed by atoms with Gasteiger partial charge in [0.05, 0.1) is 74.9 Å². The number of amides is 2. The number of nitrogens with zero attached hydrogens (tertiary/aromatic N) is 10. The Balaban J connectivity index is 0.000000161. The molecule has 4 aliphatic rings. The van der Waals surface area contributed by atoms with Gasteiger partial charge in [0.25, 0.3) is 0 Å². The van der Waals surface area contributed by atoms with Gasteiger partial charge in [-0.05, 0) is 73.0 Å². The maximum Gasteiger partial charge on any atom is 0.238 e. The summed E-state index contributed by atoms with van der Waals surface area (Å²) in [6.07, 6.45) is 3.74. The lowest BCUT2D eigenvalue weighted by Crippen LogP contribution is -2.39. The first kappa shape index (κ1) is 50.6. The van der Waals surface area contributed by atoms with Gasteiger partial charge in [-0.15, -0.1) is 0 Å². The fraction of sp³-hybridized carbons (Fsp3) is 0.478. The molecular weight excluding hydrogens is 1040 g/mol. The highest BCUT2D eigenvalue weighted by molar-refractivity contribution is 9.10. The minimum Gasteiger partial charge on any atom is -0.380 e. The molecule has 6 aromatic rings. The van der Waals surface area contributed by atoms with Gasteiger partial charge in [0.1, 0.15) is 11.8 Å². The Morgan fingerprint density at radius 1 is 0.710 bits per heavy atom. The molecule has 2 atom stereocenters. The maximum absolute atomic E-state index is 13.1. The van der Waals surface area contributed by atoms with Crippen LogP contribution in [-0.2, 0) is 41.6 Å². The zero-order valence-corrected chi connectivity index (χ0v) is 42.6. The summed E-state index contributed by atoms with van der Waals surface area (Å²) in [4.78, 5) is 48.4. The van der Waals surface area contributed by atoms with Crippen LogP contribution in [0.15, 0.2) is 57.7 Å². The first-order chi connectivity index (χ1) is 33.6. The molecule has 4 aromatic heterocycles. The van der Waals surface area contributed by atoms with Crippen LogP contribution in [0.4, 0.5) is 17.3 Å². The smallest absolute Gasteiger partial charge is 0.238 e. The van der Waals surface area contributed by atoms with Gasteiger partial charge in [-0.25, -0.2) is 9.97 Å². The summed E-state index contributed by atoms with van der Waals surface area (Å²) in [6, 6.07) is 11.5. The van der Waals surface area contributed by atoms with Crippen molar-refractivity contribution in [2.45, 2.75) is 38.8 Å². The summed E-state index contributed by atoms with van der Waals surface area (Å²) in [5.74, 6) is -0.870. The van der Waals surface area contributed by atoms with E-state index in [1.54, 1.807) is 4.68 Å². The predicted octanol–water partition coefficient (Wildman–Crippen LogP) is 5.09. The second kappa shape index (κ2) is 24.4. The summed E-state index contributed by atoms with van der Waals surface area (Å²) in [7, 11) is 0. The number of benzene rings is 2. The van der Waals surface area contributed by atoms with Crippen LogP contribution in [0, 0.1) is 0 Å². The SMILES string of the molecule is CCOCCn1cc2c(C3C(=O)Nc4ccc(Br)cc43)nc(Cl)nc2n1.CCOCCn1cc2c(C3C(=O)Nc4ccc(Br)cc43)nc(NCCN3CCOCC3)nc2n1.NCCN1CCOCC1. The highest BCUT2D eigenvalue weighted by Gasteiger charge is 2.37.